The molecule has 2 rings (SSSR count). The zero-order chi connectivity index (χ0) is 15.9. The third-order valence-electron chi connectivity index (χ3n) is 3.02. The van der Waals surface area contributed by atoms with Crippen molar-refractivity contribution < 1.29 is 9.53 Å². The second-order valence-electron chi connectivity index (χ2n) is 4.87. The van der Waals surface area contributed by atoms with Gasteiger partial charge in [0.05, 0.1) is 11.2 Å². The molecule has 0 saturated heterocycles. The number of ether oxygens (including phenoxy) is 1. The first-order valence-electron chi connectivity index (χ1n) is 6.83. The number of hydrogen-bond donors (Lipinski definition) is 1. The van der Waals surface area contributed by atoms with Gasteiger partial charge in [0, 0.05) is 0 Å². The van der Waals surface area contributed by atoms with Crippen LogP contribution in [0.2, 0.25) is 5.02 Å². The normalized spacial score (nSPS) is 10.7. The van der Waals surface area contributed by atoms with Gasteiger partial charge in [-0.1, -0.05) is 47.5 Å². The van der Waals surface area contributed by atoms with Crippen molar-refractivity contribution in [3.8, 4) is 5.75 Å². The summed E-state index contributed by atoms with van der Waals surface area (Å²) in [7, 11) is 0. The fraction of sp³-hybridized carbons (Fsp3) is 0.176. The van der Waals surface area contributed by atoms with Gasteiger partial charge in [-0.25, -0.2) is 5.43 Å². The van der Waals surface area contributed by atoms with Crippen molar-refractivity contribution in [2.75, 3.05) is 6.61 Å². The molecule has 0 aliphatic heterocycles. The van der Waals surface area contributed by atoms with E-state index >= 15 is 0 Å². The minimum Gasteiger partial charge on any atom is -0.482 e. The molecule has 0 bridgehead atoms. The Morgan fingerprint density at radius 3 is 2.82 bits per heavy atom. The summed E-state index contributed by atoms with van der Waals surface area (Å²) in [6.45, 7) is 3.85. The predicted molar refractivity (Wildman–Crippen MR) is 88.6 cm³/mol. The number of nitrogens with zero attached hydrogens (tertiary/aromatic N) is 1. The van der Waals surface area contributed by atoms with E-state index in [1.165, 1.54) is 0 Å². The van der Waals surface area contributed by atoms with E-state index in [0.29, 0.717) is 10.8 Å². The van der Waals surface area contributed by atoms with E-state index in [4.69, 9.17) is 16.3 Å². The van der Waals surface area contributed by atoms with Gasteiger partial charge in [0.15, 0.2) is 6.61 Å². The van der Waals surface area contributed by atoms with Gasteiger partial charge in [-0.05, 0) is 37.1 Å². The van der Waals surface area contributed by atoms with Gasteiger partial charge >= 0.3 is 0 Å². The smallest absolute Gasteiger partial charge is 0.277 e. The molecule has 2 aromatic rings. The second-order valence-corrected chi connectivity index (χ2v) is 5.28. The number of hydrogen-bond acceptors (Lipinski definition) is 3. The van der Waals surface area contributed by atoms with Crippen molar-refractivity contribution in [2.24, 2.45) is 5.10 Å². The monoisotopic (exact) mass is 316 g/mol. The number of aryl methyl sites for hydroxylation is 2. The summed E-state index contributed by atoms with van der Waals surface area (Å²) in [5.41, 5.74) is 5.63. The SMILES string of the molecule is Cc1ccc(C)c(/C=N/NC(=O)COc2ccccc2Cl)c1. The van der Waals surface area contributed by atoms with Crippen molar-refractivity contribution in [3.63, 3.8) is 0 Å². The van der Waals surface area contributed by atoms with Gasteiger partial charge in [0.25, 0.3) is 5.91 Å². The molecule has 0 fully saturated rings. The third-order valence-corrected chi connectivity index (χ3v) is 3.34. The molecule has 0 aliphatic rings. The minimum atomic E-state index is -0.346. The van der Waals surface area contributed by atoms with E-state index in [2.05, 4.69) is 10.5 Å². The lowest BCUT2D eigenvalue weighted by Gasteiger charge is -2.06. The molecule has 0 unspecified atom stereocenters. The lowest BCUT2D eigenvalue weighted by Crippen LogP contribution is -2.24. The molecule has 0 aliphatic carbocycles. The Morgan fingerprint density at radius 2 is 2.05 bits per heavy atom. The van der Waals surface area contributed by atoms with E-state index in [1.807, 2.05) is 32.0 Å². The van der Waals surface area contributed by atoms with E-state index in [-0.39, 0.29) is 12.5 Å². The standard InChI is InChI=1S/C17H17ClN2O2/c1-12-7-8-13(2)14(9-12)10-19-20-17(21)11-22-16-6-4-3-5-15(16)18/h3-10H,11H2,1-2H3,(H,20,21)/b19-10+. The van der Waals surface area contributed by atoms with Crippen LogP contribution in [0.3, 0.4) is 0 Å². The highest BCUT2D eigenvalue weighted by atomic mass is 35.5. The highest BCUT2D eigenvalue weighted by molar-refractivity contribution is 6.32. The Kier molecular flexibility index (Phi) is 5.55. The van der Waals surface area contributed by atoms with Gasteiger partial charge in [0.2, 0.25) is 0 Å². The number of carbonyl (C=O) groups excluding carboxylic acids is 1. The van der Waals surface area contributed by atoms with Crippen molar-refractivity contribution in [1.29, 1.82) is 0 Å². The molecule has 22 heavy (non-hydrogen) atoms. The van der Waals surface area contributed by atoms with Crippen molar-refractivity contribution >= 4 is 23.7 Å². The molecule has 0 heterocycles. The Morgan fingerprint density at radius 1 is 1.27 bits per heavy atom. The molecule has 4 nitrogen and oxygen atoms in total. The summed E-state index contributed by atoms with van der Waals surface area (Å²) in [5, 5.41) is 4.41. The van der Waals surface area contributed by atoms with Gasteiger partial charge in [-0.2, -0.15) is 5.10 Å². The number of rotatable bonds is 5. The molecule has 0 atom stereocenters. The average Bonchev–Trinajstić information content (AvgIpc) is 2.50. The Hall–Kier alpha value is -2.33. The largest absolute Gasteiger partial charge is 0.482 e. The molecule has 0 spiro atoms. The topological polar surface area (TPSA) is 50.7 Å². The van der Waals surface area contributed by atoms with Crippen LogP contribution in [0.15, 0.2) is 47.6 Å². The third kappa shape index (κ3) is 4.60. The fourth-order valence-electron chi connectivity index (χ4n) is 1.81. The lowest BCUT2D eigenvalue weighted by molar-refractivity contribution is -0.123. The molecule has 114 valence electrons. The summed E-state index contributed by atoms with van der Waals surface area (Å²) >= 11 is 5.94. The maximum atomic E-state index is 11.7. The van der Waals surface area contributed by atoms with Crippen molar-refractivity contribution in [3.05, 3.63) is 64.2 Å². The van der Waals surface area contributed by atoms with Crippen LogP contribution in [0, 0.1) is 13.8 Å². The average molecular weight is 317 g/mol. The summed E-state index contributed by atoms with van der Waals surface area (Å²) in [6.07, 6.45) is 1.62. The molecule has 5 heteroatoms. The van der Waals surface area contributed by atoms with E-state index < -0.39 is 0 Å². The van der Waals surface area contributed by atoms with Crippen LogP contribution in [-0.4, -0.2) is 18.7 Å². The maximum absolute atomic E-state index is 11.7. The van der Waals surface area contributed by atoms with E-state index in [9.17, 15) is 4.79 Å². The number of para-hydroxylation sites is 1. The Labute approximate surface area is 134 Å². The first-order valence-corrected chi connectivity index (χ1v) is 7.20. The van der Waals surface area contributed by atoms with E-state index in [0.717, 1.165) is 16.7 Å². The molecule has 1 N–H and O–H groups in total. The molecule has 0 aromatic heterocycles. The number of hydrazone groups is 1. The molecular weight excluding hydrogens is 300 g/mol. The molecule has 1 amide bonds. The van der Waals surface area contributed by atoms with Crippen molar-refractivity contribution in [2.45, 2.75) is 13.8 Å². The zero-order valence-corrected chi connectivity index (χ0v) is 13.2. The van der Waals surface area contributed by atoms with E-state index in [1.54, 1.807) is 30.5 Å². The maximum Gasteiger partial charge on any atom is 0.277 e. The van der Waals surface area contributed by atoms with Crippen LogP contribution < -0.4 is 10.2 Å². The number of nitrogens with one attached hydrogen (secondary N) is 1. The van der Waals surface area contributed by atoms with Gasteiger partial charge in [-0.15, -0.1) is 0 Å². The number of amides is 1. The lowest BCUT2D eigenvalue weighted by atomic mass is 10.1. The van der Waals surface area contributed by atoms with Crippen LogP contribution in [0.5, 0.6) is 5.75 Å². The molecule has 0 radical (unpaired) electrons. The quantitative estimate of drug-likeness (QED) is 0.678. The fourth-order valence-corrected chi connectivity index (χ4v) is 2.00. The molecule has 0 saturated carbocycles. The predicted octanol–water partition coefficient (Wildman–Crippen LogP) is 3.49. The number of halogens is 1. The van der Waals surface area contributed by atoms with Crippen LogP contribution in [-0.2, 0) is 4.79 Å². The molecule has 2 aromatic carbocycles. The second kappa shape index (κ2) is 7.61. The summed E-state index contributed by atoms with van der Waals surface area (Å²) in [6, 6.07) is 13.0. The first-order chi connectivity index (χ1) is 10.6. The van der Waals surface area contributed by atoms with Crippen LogP contribution in [0.25, 0.3) is 0 Å². The number of carbonyl (C=O) groups is 1. The number of benzene rings is 2. The summed E-state index contributed by atoms with van der Waals surface area (Å²) in [4.78, 5) is 11.7. The zero-order valence-electron chi connectivity index (χ0n) is 12.5. The minimum absolute atomic E-state index is 0.145. The first kappa shape index (κ1) is 16.0. The highest BCUT2D eigenvalue weighted by Gasteiger charge is 2.04. The summed E-state index contributed by atoms with van der Waals surface area (Å²) in [5.74, 6) is 0.124. The van der Waals surface area contributed by atoms with Gasteiger partial charge in [0.1, 0.15) is 5.75 Å². The Balaban J connectivity index is 1.86. The Bertz CT molecular complexity index is 699. The van der Waals surface area contributed by atoms with Crippen LogP contribution in [0.4, 0.5) is 0 Å². The summed E-state index contributed by atoms with van der Waals surface area (Å²) < 4.78 is 5.33. The van der Waals surface area contributed by atoms with Crippen molar-refractivity contribution in [1.82, 2.24) is 5.43 Å². The molecular formula is C17H17ClN2O2. The van der Waals surface area contributed by atoms with Crippen LogP contribution in [0.1, 0.15) is 16.7 Å². The van der Waals surface area contributed by atoms with Gasteiger partial charge < -0.3 is 4.74 Å². The highest BCUT2D eigenvalue weighted by Crippen LogP contribution is 2.22. The van der Waals surface area contributed by atoms with Gasteiger partial charge in [-0.3, -0.25) is 4.79 Å². The van der Waals surface area contributed by atoms with Crippen LogP contribution >= 0.6 is 11.6 Å².